The summed E-state index contributed by atoms with van der Waals surface area (Å²) < 4.78 is 16.8. The molecule has 10 heteroatoms. The molecule has 3 aromatic heterocycles. The maximum absolute atomic E-state index is 13.6. The molecule has 0 atom stereocenters. The number of halogens is 2. The third kappa shape index (κ3) is 3.98. The smallest absolute Gasteiger partial charge is 0.143 e. The molecule has 0 saturated carbocycles. The molecule has 1 saturated heterocycles. The highest BCUT2D eigenvalue weighted by Gasteiger charge is 2.17. The number of hydrogen-bond donors (Lipinski definition) is 1. The van der Waals surface area contributed by atoms with Crippen molar-refractivity contribution < 1.29 is 4.39 Å². The van der Waals surface area contributed by atoms with Gasteiger partial charge in [-0.15, -0.1) is 11.3 Å². The number of fused-ring (bicyclic) bond motifs is 5. The lowest BCUT2D eigenvalue weighted by Crippen LogP contribution is -2.45. The number of rotatable bonds is 5. The summed E-state index contributed by atoms with van der Waals surface area (Å²) in [7, 11) is 2.17. The largest absolute Gasteiger partial charge is 0.340 e. The minimum Gasteiger partial charge on any atom is -0.340 e. The molecule has 0 bridgehead atoms. The second kappa shape index (κ2) is 8.74. The summed E-state index contributed by atoms with van der Waals surface area (Å²) in [5, 5.41) is 11.3. The monoisotopic (exact) mass is 495 g/mol. The Morgan fingerprint density at radius 1 is 1.06 bits per heavy atom. The number of hydrogen-bond acceptors (Lipinski definition) is 7. The highest BCUT2D eigenvalue weighted by Crippen LogP contribution is 2.40. The fourth-order valence-corrected chi connectivity index (χ4v) is 5.78. The molecule has 34 heavy (non-hydrogen) atoms. The third-order valence-electron chi connectivity index (χ3n) is 6.39. The van der Waals surface area contributed by atoms with Crippen LogP contribution in [0.25, 0.3) is 31.2 Å². The quantitative estimate of drug-likeness (QED) is 0.371. The van der Waals surface area contributed by atoms with Crippen LogP contribution >= 0.6 is 22.9 Å². The van der Waals surface area contributed by atoms with Crippen LogP contribution in [0.15, 0.2) is 42.9 Å². The minimum absolute atomic E-state index is 0.0659. The van der Waals surface area contributed by atoms with Crippen LogP contribution in [0.3, 0.4) is 0 Å². The molecule has 7 nitrogen and oxygen atoms in total. The molecule has 174 valence electrons. The summed E-state index contributed by atoms with van der Waals surface area (Å²) in [5.41, 5.74) is 1.65. The van der Waals surface area contributed by atoms with Crippen molar-refractivity contribution in [2.75, 3.05) is 45.1 Å². The number of nitrogens with one attached hydrogen (secondary N) is 1. The summed E-state index contributed by atoms with van der Waals surface area (Å²) in [6.45, 7) is 6.30. The summed E-state index contributed by atoms with van der Waals surface area (Å²) in [5.74, 6) is 0.216. The fourth-order valence-electron chi connectivity index (χ4n) is 4.45. The van der Waals surface area contributed by atoms with Crippen molar-refractivity contribution in [2.45, 2.75) is 6.54 Å². The van der Waals surface area contributed by atoms with Gasteiger partial charge in [-0.3, -0.25) is 9.58 Å². The van der Waals surface area contributed by atoms with E-state index in [9.17, 15) is 4.39 Å². The van der Waals surface area contributed by atoms with Crippen molar-refractivity contribution in [3.05, 3.63) is 53.7 Å². The van der Waals surface area contributed by atoms with Crippen LogP contribution in [-0.2, 0) is 6.54 Å². The summed E-state index contributed by atoms with van der Waals surface area (Å²) >= 11 is 7.60. The zero-order valence-corrected chi connectivity index (χ0v) is 20.2. The molecule has 2 aromatic carbocycles. The topological polar surface area (TPSA) is 62.1 Å². The molecule has 1 N–H and O–H groups in total. The Morgan fingerprint density at radius 3 is 2.74 bits per heavy atom. The molecular weight excluding hydrogens is 473 g/mol. The van der Waals surface area contributed by atoms with Gasteiger partial charge in [0.2, 0.25) is 0 Å². The number of nitrogens with zero attached hydrogens (tertiary/aromatic N) is 6. The SMILES string of the molecule is CN1CCN(CCn2cc3c(ccc4c3sc3ncnc(Nc5ccc(F)c(Cl)c5)c34)n2)CC1. The second-order valence-electron chi connectivity index (χ2n) is 8.67. The van der Waals surface area contributed by atoms with Gasteiger partial charge in [0.05, 0.1) is 22.5 Å². The Morgan fingerprint density at radius 2 is 1.91 bits per heavy atom. The van der Waals surface area contributed by atoms with E-state index in [2.05, 4.69) is 55.1 Å². The van der Waals surface area contributed by atoms with Crippen LogP contribution in [0.1, 0.15) is 0 Å². The molecule has 0 aliphatic carbocycles. The van der Waals surface area contributed by atoms with E-state index in [0.29, 0.717) is 11.5 Å². The average molecular weight is 496 g/mol. The van der Waals surface area contributed by atoms with E-state index < -0.39 is 5.82 Å². The van der Waals surface area contributed by atoms with Gasteiger partial charge in [0.25, 0.3) is 0 Å². The molecule has 1 aliphatic rings. The zero-order valence-electron chi connectivity index (χ0n) is 18.6. The van der Waals surface area contributed by atoms with Crippen LogP contribution in [0.5, 0.6) is 0 Å². The first kappa shape index (κ1) is 21.7. The van der Waals surface area contributed by atoms with Gasteiger partial charge in [-0.25, -0.2) is 14.4 Å². The fraction of sp³-hybridized carbons (Fsp3) is 0.292. The van der Waals surface area contributed by atoms with Gasteiger partial charge in [0, 0.05) is 60.1 Å². The van der Waals surface area contributed by atoms with Gasteiger partial charge in [0.1, 0.15) is 22.8 Å². The summed E-state index contributed by atoms with van der Waals surface area (Å²) in [4.78, 5) is 14.7. The van der Waals surface area contributed by atoms with Crippen molar-refractivity contribution in [3.8, 4) is 0 Å². The second-order valence-corrected chi connectivity index (χ2v) is 10.1. The normalized spacial score (nSPS) is 15.6. The first-order chi connectivity index (χ1) is 16.5. The molecule has 1 aliphatic heterocycles. The first-order valence-electron chi connectivity index (χ1n) is 11.2. The van der Waals surface area contributed by atoms with Crippen LogP contribution in [0.4, 0.5) is 15.9 Å². The van der Waals surface area contributed by atoms with E-state index in [1.807, 2.05) is 0 Å². The molecule has 0 spiro atoms. The predicted octanol–water partition coefficient (Wildman–Crippen LogP) is 4.98. The Kier molecular flexibility index (Phi) is 5.57. The molecule has 1 fully saturated rings. The Bertz CT molecular complexity index is 1510. The lowest BCUT2D eigenvalue weighted by molar-refractivity contribution is 0.149. The number of likely N-dealkylation sites (N-methyl/N-ethyl adjacent to an activating group) is 1. The highest BCUT2D eigenvalue weighted by molar-refractivity contribution is 7.26. The van der Waals surface area contributed by atoms with Gasteiger partial charge in [-0.2, -0.15) is 5.10 Å². The third-order valence-corrected chi connectivity index (χ3v) is 7.83. The molecule has 0 amide bonds. The maximum atomic E-state index is 13.6. The Hall–Kier alpha value is -2.85. The average Bonchev–Trinajstić information content (AvgIpc) is 3.42. The van der Waals surface area contributed by atoms with E-state index in [1.54, 1.807) is 29.8 Å². The van der Waals surface area contributed by atoms with Crippen molar-refractivity contribution in [1.82, 2.24) is 29.5 Å². The van der Waals surface area contributed by atoms with Crippen LogP contribution in [0, 0.1) is 5.82 Å². The van der Waals surface area contributed by atoms with E-state index in [1.165, 1.54) is 6.07 Å². The summed E-state index contributed by atoms with van der Waals surface area (Å²) in [6, 6.07) is 8.69. The van der Waals surface area contributed by atoms with E-state index in [0.717, 1.165) is 70.5 Å². The molecule has 0 unspecified atom stereocenters. The molecule has 4 heterocycles. The van der Waals surface area contributed by atoms with Gasteiger partial charge < -0.3 is 10.2 Å². The van der Waals surface area contributed by atoms with Crippen molar-refractivity contribution in [1.29, 1.82) is 0 Å². The van der Waals surface area contributed by atoms with E-state index >= 15 is 0 Å². The van der Waals surface area contributed by atoms with Crippen molar-refractivity contribution >= 4 is 65.6 Å². The zero-order chi connectivity index (χ0) is 23.2. The number of piperazine rings is 1. The maximum Gasteiger partial charge on any atom is 0.143 e. The molecule has 5 aromatic rings. The van der Waals surface area contributed by atoms with Gasteiger partial charge in [-0.05, 0) is 31.3 Å². The Balaban J connectivity index is 1.34. The summed E-state index contributed by atoms with van der Waals surface area (Å²) in [6.07, 6.45) is 3.69. The van der Waals surface area contributed by atoms with E-state index in [-0.39, 0.29) is 5.02 Å². The first-order valence-corrected chi connectivity index (χ1v) is 12.4. The number of benzene rings is 2. The Labute approximate surface area is 204 Å². The molecule has 0 radical (unpaired) electrons. The van der Waals surface area contributed by atoms with Crippen LogP contribution in [-0.4, -0.2) is 69.3 Å². The van der Waals surface area contributed by atoms with Crippen LogP contribution in [0.2, 0.25) is 5.02 Å². The number of anilines is 2. The highest BCUT2D eigenvalue weighted by atomic mass is 35.5. The number of aromatic nitrogens is 4. The van der Waals surface area contributed by atoms with Crippen LogP contribution < -0.4 is 5.32 Å². The number of thiophene rings is 1. The lowest BCUT2D eigenvalue weighted by atomic mass is 10.1. The standard InChI is InChI=1S/C24H23ClFN7S/c1-31-6-8-32(9-7-31)10-11-33-13-17-20(30-33)5-3-16-21-23(27-14-28-24(21)34-22(16)17)29-15-2-4-19(26)18(25)12-15/h2-5,12-14H,6-11H2,1H3,(H,27,28,29). The van der Waals surface area contributed by atoms with E-state index in [4.69, 9.17) is 16.7 Å². The lowest BCUT2D eigenvalue weighted by Gasteiger charge is -2.32. The van der Waals surface area contributed by atoms with Crippen molar-refractivity contribution in [2.24, 2.45) is 0 Å². The van der Waals surface area contributed by atoms with Crippen molar-refractivity contribution in [3.63, 3.8) is 0 Å². The molecular formula is C24H23ClFN7S. The van der Waals surface area contributed by atoms with Gasteiger partial charge >= 0.3 is 0 Å². The predicted molar refractivity (Wildman–Crippen MR) is 137 cm³/mol. The minimum atomic E-state index is -0.451. The van der Waals surface area contributed by atoms with Gasteiger partial charge in [-0.1, -0.05) is 17.7 Å². The van der Waals surface area contributed by atoms with Gasteiger partial charge in [0.15, 0.2) is 0 Å². The molecule has 6 rings (SSSR count).